The Labute approximate surface area is 178 Å². The monoisotopic (exact) mass is 442 g/mol. The molecular weight excluding hydrogens is 423 g/mol. The topological polar surface area (TPSA) is 99.7 Å². The summed E-state index contributed by atoms with van der Waals surface area (Å²) in [6, 6.07) is 4.04. The van der Waals surface area contributed by atoms with Crippen LogP contribution < -0.4 is 5.32 Å². The summed E-state index contributed by atoms with van der Waals surface area (Å²) in [6.07, 6.45) is 6.34. The summed E-state index contributed by atoms with van der Waals surface area (Å²) in [4.78, 5) is 30.8. The highest BCUT2D eigenvalue weighted by Gasteiger charge is 2.44. The molecule has 0 radical (unpaired) electrons. The van der Waals surface area contributed by atoms with Crippen molar-refractivity contribution in [3.63, 3.8) is 0 Å². The van der Waals surface area contributed by atoms with Gasteiger partial charge in [-0.05, 0) is 54.3 Å². The van der Waals surface area contributed by atoms with E-state index >= 15 is 0 Å². The standard InChI is InChI=1S/C21H19FN4O4S/c1-12-4-13(9-23-8-12)17-7-16-5-14(17)10-25(16)20(27)11-26-21(28)24-18-3-2-15(22)6-19(18)31(26,29)30/h2-4,6-9,14,16H,5,10-11H2,1H3,(H,24,28)/t14-,16-/m0/s1. The number of hydrogen-bond donors (Lipinski definition) is 1. The number of nitrogens with zero attached hydrogens (tertiary/aromatic N) is 3. The lowest BCUT2D eigenvalue weighted by molar-refractivity contribution is -0.131. The average Bonchev–Trinajstić information content (AvgIpc) is 3.33. The molecule has 8 nitrogen and oxygen atoms in total. The molecule has 2 atom stereocenters. The van der Waals surface area contributed by atoms with Crippen molar-refractivity contribution in [2.75, 3.05) is 18.4 Å². The van der Waals surface area contributed by atoms with E-state index in [0.717, 1.165) is 35.3 Å². The van der Waals surface area contributed by atoms with Crippen LogP contribution in [0.15, 0.2) is 47.6 Å². The number of fused-ring (bicyclic) bond motifs is 3. The van der Waals surface area contributed by atoms with Crippen LogP contribution in [0.2, 0.25) is 0 Å². The van der Waals surface area contributed by atoms with Crippen LogP contribution in [0.4, 0.5) is 14.9 Å². The number of aryl methyl sites for hydroxylation is 1. The number of anilines is 1. The third kappa shape index (κ3) is 3.18. The molecule has 0 saturated carbocycles. The zero-order valence-corrected chi connectivity index (χ0v) is 17.4. The molecule has 2 aliphatic heterocycles. The number of carbonyl (C=O) groups excluding carboxylic acids is 2. The highest BCUT2D eigenvalue weighted by atomic mass is 32.2. The lowest BCUT2D eigenvalue weighted by Crippen LogP contribution is -2.50. The molecule has 1 aliphatic carbocycles. The van der Waals surface area contributed by atoms with Gasteiger partial charge in [0.2, 0.25) is 5.91 Å². The number of nitrogens with one attached hydrogen (secondary N) is 1. The van der Waals surface area contributed by atoms with Crippen LogP contribution in [0.5, 0.6) is 0 Å². The quantitative estimate of drug-likeness (QED) is 0.787. The van der Waals surface area contributed by atoms with E-state index < -0.39 is 34.3 Å². The van der Waals surface area contributed by atoms with Gasteiger partial charge in [0.15, 0.2) is 0 Å². The first-order valence-corrected chi connectivity index (χ1v) is 11.2. The Morgan fingerprint density at radius 2 is 2.10 bits per heavy atom. The number of aromatic nitrogens is 1. The molecular formula is C21H19FN4O4S. The van der Waals surface area contributed by atoms with E-state index in [1.807, 2.05) is 19.1 Å². The van der Waals surface area contributed by atoms with Gasteiger partial charge in [-0.15, -0.1) is 0 Å². The molecule has 1 fully saturated rings. The summed E-state index contributed by atoms with van der Waals surface area (Å²) in [6.45, 7) is 1.78. The lowest BCUT2D eigenvalue weighted by atomic mass is 9.96. The van der Waals surface area contributed by atoms with Crippen molar-refractivity contribution in [3.8, 4) is 0 Å². The van der Waals surface area contributed by atoms with Crippen LogP contribution in [0.1, 0.15) is 17.5 Å². The first-order valence-electron chi connectivity index (χ1n) is 9.80. The molecule has 2 aromatic rings. The summed E-state index contributed by atoms with van der Waals surface area (Å²) in [5.41, 5.74) is 3.20. The average molecular weight is 442 g/mol. The molecule has 1 N–H and O–H groups in total. The third-order valence-corrected chi connectivity index (χ3v) is 7.71. The second kappa shape index (κ2) is 6.88. The predicted molar refractivity (Wildman–Crippen MR) is 110 cm³/mol. The zero-order chi connectivity index (χ0) is 21.9. The fourth-order valence-electron chi connectivity index (χ4n) is 4.51. The number of hydrogen-bond acceptors (Lipinski definition) is 5. The molecule has 5 rings (SSSR count). The number of halogens is 1. The fourth-order valence-corrected chi connectivity index (χ4v) is 5.95. The van der Waals surface area contributed by atoms with E-state index in [9.17, 15) is 22.4 Å². The van der Waals surface area contributed by atoms with Crippen LogP contribution in [0, 0.1) is 18.7 Å². The minimum Gasteiger partial charge on any atom is -0.334 e. The van der Waals surface area contributed by atoms with Crippen LogP contribution in [0.3, 0.4) is 0 Å². The number of rotatable bonds is 3. The maximum Gasteiger partial charge on any atom is 0.336 e. The number of likely N-dealkylation sites (tertiary alicyclic amines) is 1. The number of amides is 3. The minimum atomic E-state index is -4.34. The molecule has 1 aromatic heterocycles. The zero-order valence-electron chi connectivity index (χ0n) is 16.6. The van der Waals surface area contributed by atoms with Gasteiger partial charge in [0.25, 0.3) is 10.0 Å². The molecule has 10 heteroatoms. The largest absolute Gasteiger partial charge is 0.336 e. The molecule has 1 saturated heterocycles. The van der Waals surface area contributed by atoms with Gasteiger partial charge in [-0.1, -0.05) is 6.08 Å². The maximum absolute atomic E-state index is 13.6. The third-order valence-electron chi connectivity index (χ3n) is 5.94. The van der Waals surface area contributed by atoms with Gasteiger partial charge in [-0.2, -0.15) is 0 Å². The molecule has 3 heterocycles. The van der Waals surface area contributed by atoms with Gasteiger partial charge in [-0.3, -0.25) is 9.78 Å². The van der Waals surface area contributed by atoms with Crippen molar-refractivity contribution in [2.24, 2.45) is 5.92 Å². The Kier molecular flexibility index (Phi) is 4.37. The van der Waals surface area contributed by atoms with Crippen molar-refractivity contribution < 1.29 is 22.4 Å². The molecule has 1 aromatic carbocycles. The SMILES string of the molecule is Cc1cncc(C2=C[C@@H]3C[C@H]2CN3C(=O)CN2C(=O)Nc3ccc(F)cc3S2(=O)=O)c1. The Hall–Kier alpha value is -3.27. The molecule has 160 valence electrons. The van der Waals surface area contributed by atoms with E-state index in [-0.39, 0.29) is 22.5 Å². The van der Waals surface area contributed by atoms with E-state index in [0.29, 0.717) is 10.8 Å². The molecule has 31 heavy (non-hydrogen) atoms. The summed E-state index contributed by atoms with van der Waals surface area (Å²) in [5.74, 6) is -1.08. The van der Waals surface area contributed by atoms with Gasteiger partial charge in [0, 0.05) is 24.9 Å². The van der Waals surface area contributed by atoms with Gasteiger partial charge in [0.05, 0.1) is 11.7 Å². The molecule has 0 unspecified atom stereocenters. The molecule has 0 spiro atoms. The van der Waals surface area contributed by atoms with Crippen molar-refractivity contribution >= 4 is 33.2 Å². The summed E-state index contributed by atoms with van der Waals surface area (Å²) >= 11 is 0. The van der Waals surface area contributed by atoms with E-state index in [1.165, 1.54) is 6.07 Å². The van der Waals surface area contributed by atoms with Crippen LogP contribution >= 0.6 is 0 Å². The Bertz CT molecular complexity index is 1260. The minimum absolute atomic E-state index is 0.00494. The van der Waals surface area contributed by atoms with E-state index in [1.54, 1.807) is 17.3 Å². The van der Waals surface area contributed by atoms with Crippen LogP contribution in [0.25, 0.3) is 5.57 Å². The fraction of sp³-hybridized carbons (Fsp3) is 0.286. The second-order valence-electron chi connectivity index (χ2n) is 8.00. The van der Waals surface area contributed by atoms with Crippen molar-refractivity contribution in [2.45, 2.75) is 24.3 Å². The van der Waals surface area contributed by atoms with Crippen molar-refractivity contribution in [1.29, 1.82) is 0 Å². The highest BCUT2D eigenvalue weighted by molar-refractivity contribution is 7.90. The van der Waals surface area contributed by atoms with Gasteiger partial charge in [0.1, 0.15) is 17.3 Å². The van der Waals surface area contributed by atoms with Gasteiger partial charge >= 0.3 is 6.03 Å². The number of urea groups is 1. The normalized spacial score (nSPS) is 23.4. The van der Waals surface area contributed by atoms with Gasteiger partial charge in [-0.25, -0.2) is 21.9 Å². The molecule has 3 aliphatic rings. The first-order chi connectivity index (χ1) is 14.7. The lowest BCUT2D eigenvalue weighted by Gasteiger charge is -2.32. The number of benzene rings is 1. The number of pyridine rings is 1. The van der Waals surface area contributed by atoms with Crippen molar-refractivity contribution in [1.82, 2.24) is 14.2 Å². The summed E-state index contributed by atoms with van der Waals surface area (Å²) in [5, 5.41) is 2.41. The van der Waals surface area contributed by atoms with Gasteiger partial charge < -0.3 is 10.2 Å². The highest BCUT2D eigenvalue weighted by Crippen LogP contribution is 2.42. The predicted octanol–water partition coefficient (Wildman–Crippen LogP) is 2.38. The Morgan fingerprint density at radius 1 is 1.29 bits per heavy atom. The summed E-state index contributed by atoms with van der Waals surface area (Å²) in [7, 11) is -4.34. The molecule has 3 amide bonds. The van der Waals surface area contributed by atoms with E-state index in [2.05, 4.69) is 10.3 Å². The second-order valence-corrected chi connectivity index (χ2v) is 9.83. The van der Waals surface area contributed by atoms with Crippen molar-refractivity contribution in [3.05, 3.63) is 59.7 Å². The molecule has 2 bridgehead atoms. The number of carbonyl (C=O) groups is 2. The van der Waals surface area contributed by atoms with Crippen LogP contribution in [-0.4, -0.2) is 53.7 Å². The Morgan fingerprint density at radius 3 is 2.81 bits per heavy atom. The van der Waals surface area contributed by atoms with Crippen LogP contribution in [-0.2, 0) is 14.8 Å². The number of sulfonamides is 1. The van der Waals surface area contributed by atoms with E-state index in [4.69, 9.17) is 0 Å². The Balaban J connectivity index is 1.36. The summed E-state index contributed by atoms with van der Waals surface area (Å²) < 4.78 is 39.8. The first kappa shape index (κ1) is 19.7. The maximum atomic E-state index is 13.6. The smallest absolute Gasteiger partial charge is 0.334 e.